The van der Waals surface area contributed by atoms with E-state index in [-0.39, 0.29) is 36.1 Å². The molecule has 108 valence electrons. The molecule has 0 bridgehead atoms. The highest BCUT2D eigenvalue weighted by atomic mass is 16.6. The van der Waals surface area contributed by atoms with Crippen LogP contribution in [0.3, 0.4) is 0 Å². The minimum Gasteiger partial charge on any atom is -0.466 e. The van der Waals surface area contributed by atoms with Crippen molar-refractivity contribution in [2.75, 3.05) is 13.2 Å². The van der Waals surface area contributed by atoms with Gasteiger partial charge < -0.3 is 14.6 Å². The minimum absolute atomic E-state index is 0.00627. The molecule has 20 heavy (non-hydrogen) atoms. The first-order valence-electron chi connectivity index (χ1n) is 7.16. The monoisotopic (exact) mass is 276 g/mol. The molecule has 4 heteroatoms. The molecule has 1 aliphatic heterocycles. The second kappa shape index (κ2) is 4.86. The predicted molar refractivity (Wildman–Crippen MR) is 73.2 cm³/mol. The highest BCUT2D eigenvalue weighted by Crippen LogP contribution is 2.51. The van der Waals surface area contributed by atoms with Gasteiger partial charge in [-0.25, -0.2) is 0 Å². The topological polar surface area (TPSA) is 59.1 Å². The van der Waals surface area contributed by atoms with E-state index in [2.05, 4.69) is 6.07 Å². The van der Waals surface area contributed by atoms with Crippen LogP contribution in [0.25, 0.3) is 0 Å². The molecule has 3 rings (SSSR count). The molecule has 1 saturated carbocycles. The molecule has 0 aromatic heterocycles. The summed E-state index contributed by atoms with van der Waals surface area (Å²) in [5.41, 5.74) is 1.86. The zero-order valence-corrected chi connectivity index (χ0v) is 11.8. The third kappa shape index (κ3) is 2.23. The van der Waals surface area contributed by atoms with Crippen molar-refractivity contribution in [3.05, 3.63) is 35.4 Å². The van der Waals surface area contributed by atoms with Gasteiger partial charge in [-0.05, 0) is 37.3 Å². The van der Waals surface area contributed by atoms with E-state index in [4.69, 9.17) is 9.47 Å². The molecule has 1 heterocycles. The number of aliphatic hydroxyl groups excluding tert-OH is 1. The molecule has 1 aliphatic carbocycles. The second-order valence-corrected chi connectivity index (χ2v) is 5.72. The number of carbonyl (C=O) groups is 1. The average molecular weight is 276 g/mol. The van der Waals surface area contributed by atoms with Crippen molar-refractivity contribution in [1.82, 2.24) is 0 Å². The number of carbonyl (C=O) groups excluding carboxylic acids is 1. The molecule has 1 aromatic carbocycles. The van der Waals surface area contributed by atoms with E-state index in [9.17, 15) is 9.90 Å². The van der Waals surface area contributed by atoms with Gasteiger partial charge in [0.1, 0.15) is 11.7 Å². The lowest BCUT2D eigenvalue weighted by atomic mass is 9.94. The van der Waals surface area contributed by atoms with Crippen LogP contribution < -0.4 is 0 Å². The lowest BCUT2D eigenvalue weighted by molar-refractivity contribution is -0.144. The SMILES string of the molecule is CCOC(=O)C1CC1c1cccc(C2(C)OC2CO)c1. The van der Waals surface area contributed by atoms with E-state index in [1.165, 1.54) is 0 Å². The van der Waals surface area contributed by atoms with Crippen LogP contribution in [-0.2, 0) is 19.9 Å². The number of ether oxygens (including phenoxy) is 2. The lowest BCUT2D eigenvalue weighted by Crippen LogP contribution is -2.11. The summed E-state index contributed by atoms with van der Waals surface area (Å²) >= 11 is 0. The zero-order valence-electron chi connectivity index (χ0n) is 11.8. The Labute approximate surface area is 118 Å². The van der Waals surface area contributed by atoms with Crippen molar-refractivity contribution >= 4 is 5.97 Å². The fourth-order valence-electron chi connectivity index (χ4n) is 2.88. The molecule has 1 saturated heterocycles. The molecule has 1 aromatic rings. The van der Waals surface area contributed by atoms with Gasteiger partial charge >= 0.3 is 5.97 Å². The molecule has 4 unspecified atom stereocenters. The van der Waals surface area contributed by atoms with Crippen molar-refractivity contribution in [2.24, 2.45) is 5.92 Å². The van der Waals surface area contributed by atoms with Gasteiger partial charge in [-0.3, -0.25) is 4.79 Å². The van der Waals surface area contributed by atoms with Gasteiger partial charge in [0, 0.05) is 0 Å². The first kappa shape index (κ1) is 13.6. The van der Waals surface area contributed by atoms with Gasteiger partial charge in [-0.2, -0.15) is 0 Å². The molecule has 4 nitrogen and oxygen atoms in total. The summed E-state index contributed by atoms with van der Waals surface area (Å²) in [6, 6.07) is 8.15. The summed E-state index contributed by atoms with van der Waals surface area (Å²) in [7, 11) is 0. The van der Waals surface area contributed by atoms with Crippen LogP contribution in [0.5, 0.6) is 0 Å². The third-order valence-electron chi connectivity index (χ3n) is 4.38. The summed E-state index contributed by atoms with van der Waals surface area (Å²) in [5, 5.41) is 9.18. The van der Waals surface area contributed by atoms with Crippen molar-refractivity contribution < 1.29 is 19.4 Å². The zero-order chi connectivity index (χ0) is 14.3. The molecule has 4 atom stereocenters. The van der Waals surface area contributed by atoms with Gasteiger partial charge in [-0.1, -0.05) is 24.3 Å². The van der Waals surface area contributed by atoms with E-state index < -0.39 is 0 Å². The van der Waals surface area contributed by atoms with Crippen LogP contribution >= 0.6 is 0 Å². The summed E-state index contributed by atoms with van der Waals surface area (Å²) in [4.78, 5) is 11.7. The molecule has 0 spiro atoms. The summed E-state index contributed by atoms with van der Waals surface area (Å²) < 4.78 is 10.6. The maximum atomic E-state index is 11.7. The van der Waals surface area contributed by atoms with Crippen molar-refractivity contribution in [3.63, 3.8) is 0 Å². The highest BCUT2D eigenvalue weighted by molar-refractivity contribution is 5.77. The molecule has 2 aliphatic rings. The lowest BCUT2D eigenvalue weighted by Gasteiger charge is -2.09. The molecular formula is C16H20O4. The maximum absolute atomic E-state index is 11.7. The van der Waals surface area contributed by atoms with E-state index in [1.807, 2.05) is 32.0 Å². The third-order valence-corrected chi connectivity index (χ3v) is 4.38. The number of benzene rings is 1. The Morgan fingerprint density at radius 1 is 1.55 bits per heavy atom. The van der Waals surface area contributed by atoms with Crippen LogP contribution in [0.4, 0.5) is 0 Å². The van der Waals surface area contributed by atoms with Crippen molar-refractivity contribution in [1.29, 1.82) is 0 Å². The fraction of sp³-hybridized carbons (Fsp3) is 0.562. The Kier molecular flexibility index (Phi) is 3.30. The van der Waals surface area contributed by atoms with Crippen LogP contribution in [0.2, 0.25) is 0 Å². The Morgan fingerprint density at radius 2 is 2.35 bits per heavy atom. The van der Waals surface area contributed by atoms with E-state index in [0.717, 1.165) is 17.5 Å². The number of epoxide rings is 1. The Bertz CT molecular complexity index is 527. The first-order valence-corrected chi connectivity index (χ1v) is 7.16. The van der Waals surface area contributed by atoms with E-state index >= 15 is 0 Å². The molecule has 2 fully saturated rings. The van der Waals surface area contributed by atoms with Gasteiger partial charge in [0.2, 0.25) is 0 Å². The average Bonchev–Trinajstić information content (AvgIpc) is 3.34. The summed E-state index contributed by atoms with van der Waals surface area (Å²) in [6.45, 7) is 4.29. The smallest absolute Gasteiger partial charge is 0.309 e. The Hall–Kier alpha value is -1.39. The second-order valence-electron chi connectivity index (χ2n) is 5.72. The fourth-order valence-corrected chi connectivity index (χ4v) is 2.88. The highest BCUT2D eigenvalue weighted by Gasteiger charge is 2.53. The number of hydrogen-bond acceptors (Lipinski definition) is 4. The molecular weight excluding hydrogens is 256 g/mol. The molecule has 1 N–H and O–H groups in total. The van der Waals surface area contributed by atoms with Crippen molar-refractivity contribution in [2.45, 2.75) is 37.9 Å². The van der Waals surface area contributed by atoms with Gasteiger partial charge in [0.05, 0.1) is 19.1 Å². The van der Waals surface area contributed by atoms with Gasteiger partial charge in [-0.15, -0.1) is 0 Å². The van der Waals surface area contributed by atoms with E-state index in [0.29, 0.717) is 6.61 Å². The van der Waals surface area contributed by atoms with Crippen molar-refractivity contribution in [3.8, 4) is 0 Å². The predicted octanol–water partition coefficient (Wildman–Crippen LogP) is 1.96. The van der Waals surface area contributed by atoms with Crippen LogP contribution in [0.1, 0.15) is 37.3 Å². The minimum atomic E-state index is -0.376. The van der Waals surface area contributed by atoms with Crippen LogP contribution in [0.15, 0.2) is 24.3 Å². The first-order chi connectivity index (χ1) is 9.60. The molecule has 0 radical (unpaired) electrons. The van der Waals surface area contributed by atoms with Gasteiger partial charge in [0.15, 0.2) is 0 Å². The maximum Gasteiger partial charge on any atom is 0.309 e. The molecule has 0 amide bonds. The van der Waals surface area contributed by atoms with Crippen LogP contribution in [0, 0.1) is 5.92 Å². The van der Waals surface area contributed by atoms with E-state index in [1.54, 1.807) is 0 Å². The number of hydrogen-bond donors (Lipinski definition) is 1. The number of esters is 1. The largest absolute Gasteiger partial charge is 0.466 e. The normalized spacial score (nSPS) is 34.6. The van der Waals surface area contributed by atoms with Gasteiger partial charge in [0.25, 0.3) is 0 Å². The van der Waals surface area contributed by atoms with Crippen LogP contribution in [-0.4, -0.2) is 30.4 Å². The quantitative estimate of drug-likeness (QED) is 0.659. The Balaban J connectivity index is 1.73. The Morgan fingerprint density at radius 3 is 3.00 bits per heavy atom. The summed E-state index contributed by atoms with van der Waals surface area (Å²) in [6.07, 6.45) is 0.751. The number of rotatable bonds is 5. The standard InChI is InChI=1S/C16H20O4/c1-3-19-15(18)13-8-12(13)10-5-4-6-11(7-10)16(2)14(9-17)20-16/h4-7,12-14,17H,3,8-9H2,1-2H3. The number of aliphatic hydroxyl groups is 1. The summed E-state index contributed by atoms with van der Waals surface area (Å²) in [5.74, 6) is 0.181.